The molecule has 1 aromatic rings. The van der Waals surface area contributed by atoms with Crippen molar-refractivity contribution in [2.45, 2.75) is 45.6 Å². The van der Waals surface area contributed by atoms with Gasteiger partial charge < -0.3 is 15.7 Å². The van der Waals surface area contributed by atoms with Crippen molar-refractivity contribution >= 4 is 5.96 Å². The monoisotopic (exact) mass is 307 g/mol. The topological polar surface area (TPSA) is 56.7 Å². The van der Waals surface area contributed by atoms with E-state index in [1.165, 1.54) is 44.2 Å². The molecule has 2 rings (SSSR count). The van der Waals surface area contributed by atoms with Crippen LogP contribution in [-0.4, -0.2) is 24.7 Å². The number of hydrogen-bond acceptors (Lipinski definition) is 2. The summed E-state index contributed by atoms with van der Waals surface area (Å²) in [5, 5.41) is 15.8. The van der Waals surface area contributed by atoms with Crippen molar-refractivity contribution in [1.82, 2.24) is 10.6 Å². The Labute approximate surface area is 131 Å². The zero-order valence-corrected chi connectivity index (χ0v) is 13.5. The SMILES string of the molecule is CCC1(CNC(=NC)NCc2ccc(O)c(F)c2)CCCC1. The maximum absolute atomic E-state index is 13.3. The predicted molar refractivity (Wildman–Crippen MR) is 87.5 cm³/mol. The second-order valence-corrected chi connectivity index (χ2v) is 6.13. The molecule has 1 fully saturated rings. The highest BCUT2D eigenvalue weighted by Crippen LogP contribution is 2.40. The molecule has 0 saturated heterocycles. The third-order valence-electron chi connectivity index (χ3n) is 4.74. The van der Waals surface area contributed by atoms with Crippen LogP contribution in [0.15, 0.2) is 23.2 Å². The van der Waals surface area contributed by atoms with E-state index in [0.29, 0.717) is 12.0 Å². The molecule has 122 valence electrons. The average Bonchev–Trinajstić information content (AvgIpc) is 3.00. The van der Waals surface area contributed by atoms with Gasteiger partial charge in [-0.15, -0.1) is 0 Å². The summed E-state index contributed by atoms with van der Waals surface area (Å²) in [6.07, 6.45) is 6.36. The third-order valence-corrected chi connectivity index (χ3v) is 4.74. The van der Waals surface area contributed by atoms with Gasteiger partial charge in [-0.3, -0.25) is 4.99 Å². The molecule has 1 aliphatic rings. The molecule has 0 spiro atoms. The summed E-state index contributed by atoms with van der Waals surface area (Å²) in [4.78, 5) is 4.22. The van der Waals surface area contributed by atoms with Gasteiger partial charge in [-0.25, -0.2) is 4.39 Å². The van der Waals surface area contributed by atoms with Crippen molar-refractivity contribution in [2.24, 2.45) is 10.4 Å². The maximum Gasteiger partial charge on any atom is 0.191 e. The van der Waals surface area contributed by atoms with Gasteiger partial charge in [-0.1, -0.05) is 25.8 Å². The van der Waals surface area contributed by atoms with Crippen LogP contribution in [0.25, 0.3) is 0 Å². The lowest BCUT2D eigenvalue weighted by atomic mass is 9.83. The van der Waals surface area contributed by atoms with Crippen molar-refractivity contribution in [3.8, 4) is 5.75 Å². The number of nitrogens with one attached hydrogen (secondary N) is 2. The standard InChI is InChI=1S/C17H26FN3O/c1-3-17(8-4-5-9-17)12-21-16(19-2)20-11-13-6-7-15(22)14(18)10-13/h6-7,10,22H,3-5,8-9,11-12H2,1-2H3,(H2,19,20,21). The molecule has 1 aliphatic carbocycles. The lowest BCUT2D eigenvalue weighted by Crippen LogP contribution is -2.42. The molecule has 0 heterocycles. The number of phenols is 1. The number of hydrogen-bond donors (Lipinski definition) is 3. The summed E-state index contributed by atoms with van der Waals surface area (Å²) in [6.45, 7) is 3.64. The smallest absolute Gasteiger partial charge is 0.191 e. The minimum atomic E-state index is -0.599. The fourth-order valence-corrected chi connectivity index (χ4v) is 3.12. The van der Waals surface area contributed by atoms with Crippen molar-refractivity contribution in [3.63, 3.8) is 0 Å². The normalized spacial score (nSPS) is 17.5. The van der Waals surface area contributed by atoms with Gasteiger partial charge in [-0.05, 0) is 42.4 Å². The van der Waals surface area contributed by atoms with Crippen LogP contribution in [0, 0.1) is 11.2 Å². The van der Waals surface area contributed by atoms with Gasteiger partial charge in [0.05, 0.1) is 0 Å². The molecule has 4 nitrogen and oxygen atoms in total. The largest absolute Gasteiger partial charge is 0.505 e. The zero-order valence-electron chi connectivity index (χ0n) is 13.5. The van der Waals surface area contributed by atoms with Gasteiger partial charge in [0.1, 0.15) is 0 Å². The number of aliphatic imine (C=N–C) groups is 1. The first-order chi connectivity index (χ1) is 10.6. The molecular formula is C17H26FN3O. The van der Waals surface area contributed by atoms with E-state index >= 15 is 0 Å². The molecular weight excluding hydrogens is 281 g/mol. The molecule has 22 heavy (non-hydrogen) atoms. The van der Waals surface area contributed by atoms with E-state index in [-0.39, 0.29) is 5.75 Å². The van der Waals surface area contributed by atoms with E-state index in [2.05, 4.69) is 22.5 Å². The Kier molecular flexibility index (Phi) is 5.63. The Balaban J connectivity index is 1.86. The summed E-state index contributed by atoms with van der Waals surface area (Å²) >= 11 is 0. The van der Waals surface area contributed by atoms with Crippen molar-refractivity contribution in [3.05, 3.63) is 29.6 Å². The molecule has 3 N–H and O–H groups in total. The van der Waals surface area contributed by atoms with Gasteiger partial charge in [0.25, 0.3) is 0 Å². The van der Waals surface area contributed by atoms with E-state index in [9.17, 15) is 9.50 Å². The maximum atomic E-state index is 13.3. The van der Waals surface area contributed by atoms with Crippen molar-refractivity contribution in [1.29, 1.82) is 0 Å². The summed E-state index contributed by atoms with van der Waals surface area (Å²) in [7, 11) is 1.74. The van der Waals surface area contributed by atoms with E-state index < -0.39 is 5.82 Å². The second kappa shape index (κ2) is 7.47. The highest BCUT2D eigenvalue weighted by atomic mass is 19.1. The van der Waals surface area contributed by atoms with Crippen LogP contribution >= 0.6 is 0 Å². The number of rotatable bonds is 5. The summed E-state index contributed by atoms with van der Waals surface area (Å²) in [5.74, 6) is -0.191. The molecule has 0 amide bonds. The minimum absolute atomic E-state index is 0.322. The minimum Gasteiger partial charge on any atom is -0.505 e. The van der Waals surface area contributed by atoms with E-state index in [0.717, 1.165) is 18.1 Å². The highest BCUT2D eigenvalue weighted by molar-refractivity contribution is 5.79. The van der Waals surface area contributed by atoms with Crippen LogP contribution in [0.1, 0.15) is 44.6 Å². The van der Waals surface area contributed by atoms with E-state index in [1.54, 1.807) is 13.1 Å². The number of halogens is 1. The molecule has 0 radical (unpaired) electrons. The Morgan fingerprint density at radius 1 is 1.32 bits per heavy atom. The van der Waals surface area contributed by atoms with Crippen LogP contribution in [0.3, 0.4) is 0 Å². The summed E-state index contributed by atoms with van der Waals surface area (Å²) in [6, 6.07) is 4.40. The van der Waals surface area contributed by atoms with Gasteiger partial charge in [0.15, 0.2) is 17.5 Å². The predicted octanol–water partition coefficient (Wildman–Crippen LogP) is 3.17. The molecule has 1 saturated carbocycles. The van der Waals surface area contributed by atoms with Gasteiger partial charge in [0.2, 0.25) is 0 Å². The molecule has 0 atom stereocenters. The molecule has 5 heteroatoms. The lowest BCUT2D eigenvalue weighted by molar-refractivity contribution is 0.283. The van der Waals surface area contributed by atoms with Crippen LogP contribution in [0.4, 0.5) is 4.39 Å². The molecule has 1 aromatic carbocycles. The molecule has 0 aliphatic heterocycles. The fourth-order valence-electron chi connectivity index (χ4n) is 3.12. The van der Waals surface area contributed by atoms with E-state index in [4.69, 9.17) is 0 Å². The number of guanidine groups is 1. The van der Waals surface area contributed by atoms with E-state index in [1.807, 2.05) is 0 Å². The Morgan fingerprint density at radius 3 is 2.64 bits per heavy atom. The third kappa shape index (κ3) is 4.12. The van der Waals surface area contributed by atoms with Crippen molar-refractivity contribution < 1.29 is 9.50 Å². The number of benzene rings is 1. The van der Waals surface area contributed by atoms with Gasteiger partial charge >= 0.3 is 0 Å². The fraction of sp³-hybridized carbons (Fsp3) is 0.588. The van der Waals surface area contributed by atoms with Crippen LogP contribution in [-0.2, 0) is 6.54 Å². The van der Waals surface area contributed by atoms with Crippen LogP contribution < -0.4 is 10.6 Å². The first-order valence-electron chi connectivity index (χ1n) is 8.00. The quantitative estimate of drug-likeness (QED) is 0.578. The Morgan fingerprint density at radius 2 is 2.05 bits per heavy atom. The van der Waals surface area contributed by atoms with Gasteiger partial charge in [0, 0.05) is 20.1 Å². The lowest BCUT2D eigenvalue weighted by Gasteiger charge is -2.28. The highest BCUT2D eigenvalue weighted by Gasteiger charge is 2.31. The summed E-state index contributed by atoms with van der Waals surface area (Å²) in [5.41, 5.74) is 1.16. The van der Waals surface area contributed by atoms with Crippen LogP contribution in [0.2, 0.25) is 0 Å². The summed E-state index contributed by atoms with van der Waals surface area (Å²) < 4.78 is 13.3. The first kappa shape index (κ1) is 16.6. The van der Waals surface area contributed by atoms with Crippen molar-refractivity contribution in [2.75, 3.05) is 13.6 Å². The number of aromatic hydroxyl groups is 1. The van der Waals surface area contributed by atoms with Crippen LogP contribution in [0.5, 0.6) is 5.75 Å². The Hall–Kier alpha value is -1.78. The number of phenolic OH excluding ortho intramolecular Hbond substituents is 1. The second-order valence-electron chi connectivity index (χ2n) is 6.13. The first-order valence-corrected chi connectivity index (χ1v) is 8.00. The zero-order chi connectivity index (χ0) is 16.0. The average molecular weight is 307 g/mol. The van der Waals surface area contributed by atoms with Gasteiger partial charge in [-0.2, -0.15) is 0 Å². The number of nitrogens with zero attached hydrogens (tertiary/aromatic N) is 1. The molecule has 0 unspecified atom stereocenters. The molecule has 0 aromatic heterocycles. The molecule has 0 bridgehead atoms. The Bertz CT molecular complexity index is 525.